The van der Waals surface area contributed by atoms with Crippen LogP contribution in [-0.2, 0) is 6.54 Å². The predicted octanol–water partition coefficient (Wildman–Crippen LogP) is 3.90. The normalized spacial score (nSPS) is 20.4. The van der Waals surface area contributed by atoms with E-state index in [2.05, 4.69) is 46.1 Å². The first-order chi connectivity index (χ1) is 8.05. The molecule has 1 aromatic rings. The minimum absolute atomic E-state index is 0.550. The maximum atomic E-state index is 4.38. The van der Waals surface area contributed by atoms with E-state index in [1.54, 1.807) is 0 Å². The molecule has 0 aromatic carbocycles. The summed E-state index contributed by atoms with van der Waals surface area (Å²) in [6.07, 6.45) is 7.12. The van der Waals surface area contributed by atoms with Crippen LogP contribution in [0.2, 0.25) is 0 Å². The standard InChI is InChI=1S/C14H21BrN2/c1-14(2)7-5-12(6-8-14)17-10-13-4-3-11(15)9-16-13/h3-4,9,12,17H,5-8,10H2,1-2H3. The second kappa shape index (κ2) is 5.49. The monoisotopic (exact) mass is 296 g/mol. The second-order valence-electron chi connectivity index (χ2n) is 5.79. The van der Waals surface area contributed by atoms with Gasteiger partial charge in [-0.05, 0) is 59.2 Å². The van der Waals surface area contributed by atoms with Gasteiger partial charge in [-0.3, -0.25) is 4.98 Å². The topological polar surface area (TPSA) is 24.9 Å². The number of hydrogen-bond donors (Lipinski definition) is 1. The molecule has 0 radical (unpaired) electrons. The summed E-state index contributed by atoms with van der Waals surface area (Å²) in [5.41, 5.74) is 1.67. The van der Waals surface area contributed by atoms with Crippen LogP contribution in [0.1, 0.15) is 45.2 Å². The number of halogens is 1. The van der Waals surface area contributed by atoms with Crippen LogP contribution in [0.15, 0.2) is 22.8 Å². The maximum Gasteiger partial charge on any atom is 0.0542 e. The van der Waals surface area contributed by atoms with Crippen LogP contribution in [0.4, 0.5) is 0 Å². The smallest absolute Gasteiger partial charge is 0.0542 e. The Morgan fingerprint density at radius 2 is 2.06 bits per heavy atom. The Morgan fingerprint density at radius 3 is 2.65 bits per heavy atom. The van der Waals surface area contributed by atoms with E-state index in [0.717, 1.165) is 16.7 Å². The van der Waals surface area contributed by atoms with E-state index in [-0.39, 0.29) is 0 Å². The molecule has 1 fully saturated rings. The van der Waals surface area contributed by atoms with Gasteiger partial charge in [0.1, 0.15) is 0 Å². The van der Waals surface area contributed by atoms with Crippen molar-refractivity contribution in [1.29, 1.82) is 0 Å². The van der Waals surface area contributed by atoms with Gasteiger partial charge in [0.15, 0.2) is 0 Å². The molecule has 0 unspecified atom stereocenters. The van der Waals surface area contributed by atoms with Crippen LogP contribution < -0.4 is 5.32 Å². The average Bonchev–Trinajstić information content (AvgIpc) is 2.30. The van der Waals surface area contributed by atoms with Gasteiger partial charge in [-0.2, -0.15) is 0 Å². The average molecular weight is 297 g/mol. The van der Waals surface area contributed by atoms with Gasteiger partial charge in [-0.1, -0.05) is 13.8 Å². The molecule has 2 nitrogen and oxygen atoms in total. The Labute approximate surface area is 112 Å². The minimum Gasteiger partial charge on any atom is -0.308 e. The van der Waals surface area contributed by atoms with Crippen molar-refractivity contribution >= 4 is 15.9 Å². The Kier molecular flexibility index (Phi) is 4.21. The van der Waals surface area contributed by atoms with Gasteiger partial charge in [0.05, 0.1) is 5.69 Å². The molecule has 1 aliphatic rings. The molecule has 1 N–H and O–H groups in total. The summed E-state index contributed by atoms with van der Waals surface area (Å²) < 4.78 is 1.04. The van der Waals surface area contributed by atoms with Gasteiger partial charge in [-0.15, -0.1) is 0 Å². The summed E-state index contributed by atoms with van der Waals surface area (Å²) in [6, 6.07) is 4.80. The molecular weight excluding hydrogens is 276 g/mol. The zero-order valence-corrected chi connectivity index (χ0v) is 12.3. The summed E-state index contributed by atoms with van der Waals surface area (Å²) in [7, 11) is 0. The highest BCUT2D eigenvalue weighted by molar-refractivity contribution is 9.10. The molecule has 0 amide bonds. The quantitative estimate of drug-likeness (QED) is 0.915. The molecule has 0 bridgehead atoms. The van der Waals surface area contributed by atoms with Gasteiger partial charge in [0, 0.05) is 23.3 Å². The summed E-state index contributed by atoms with van der Waals surface area (Å²) in [4.78, 5) is 4.38. The third-order valence-electron chi connectivity index (χ3n) is 3.70. The Morgan fingerprint density at radius 1 is 1.35 bits per heavy atom. The van der Waals surface area contributed by atoms with Crippen molar-refractivity contribution in [3.05, 3.63) is 28.5 Å². The first kappa shape index (κ1) is 13.0. The zero-order chi connectivity index (χ0) is 12.3. The van der Waals surface area contributed by atoms with Crippen LogP contribution in [0.3, 0.4) is 0 Å². The van der Waals surface area contributed by atoms with Gasteiger partial charge >= 0.3 is 0 Å². The van der Waals surface area contributed by atoms with Crippen molar-refractivity contribution in [2.45, 2.75) is 52.1 Å². The van der Waals surface area contributed by atoms with E-state index >= 15 is 0 Å². The van der Waals surface area contributed by atoms with E-state index in [4.69, 9.17) is 0 Å². The van der Waals surface area contributed by atoms with Crippen molar-refractivity contribution < 1.29 is 0 Å². The molecule has 17 heavy (non-hydrogen) atoms. The van der Waals surface area contributed by atoms with Gasteiger partial charge in [-0.25, -0.2) is 0 Å². The van der Waals surface area contributed by atoms with E-state index < -0.39 is 0 Å². The lowest BCUT2D eigenvalue weighted by Crippen LogP contribution is -2.35. The van der Waals surface area contributed by atoms with Gasteiger partial charge < -0.3 is 5.32 Å². The van der Waals surface area contributed by atoms with Crippen LogP contribution in [0.25, 0.3) is 0 Å². The number of nitrogens with zero attached hydrogens (tertiary/aromatic N) is 1. The highest BCUT2D eigenvalue weighted by Gasteiger charge is 2.26. The molecule has 94 valence electrons. The lowest BCUT2D eigenvalue weighted by atomic mass is 9.75. The second-order valence-corrected chi connectivity index (χ2v) is 6.70. The van der Waals surface area contributed by atoms with Gasteiger partial charge in [0.25, 0.3) is 0 Å². The van der Waals surface area contributed by atoms with Crippen LogP contribution in [0, 0.1) is 5.41 Å². The van der Waals surface area contributed by atoms with E-state index in [1.165, 1.54) is 25.7 Å². The van der Waals surface area contributed by atoms with Crippen LogP contribution in [-0.4, -0.2) is 11.0 Å². The van der Waals surface area contributed by atoms with Crippen molar-refractivity contribution in [2.24, 2.45) is 5.41 Å². The Bertz CT molecular complexity index is 349. The summed E-state index contributed by atoms with van der Waals surface area (Å²) in [5, 5.41) is 3.62. The highest BCUT2D eigenvalue weighted by Crippen LogP contribution is 2.34. The Hall–Kier alpha value is -0.410. The molecule has 3 heteroatoms. The molecular formula is C14H21BrN2. The fourth-order valence-corrected chi connectivity index (χ4v) is 2.60. The molecule has 0 aliphatic heterocycles. The zero-order valence-electron chi connectivity index (χ0n) is 10.7. The van der Waals surface area contributed by atoms with E-state index in [1.807, 2.05) is 12.3 Å². The minimum atomic E-state index is 0.550. The van der Waals surface area contributed by atoms with Gasteiger partial charge in [0.2, 0.25) is 0 Å². The number of hydrogen-bond acceptors (Lipinski definition) is 2. The highest BCUT2D eigenvalue weighted by atomic mass is 79.9. The summed E-state index contributed by atoms with van der Waals surface area (Å²) in [5.74, 6) is 0. The SMILES string of the molecule is CC1(C)CCC(NCc2ccc(Br)cn2)CC1. The third kappa shape index (κ3) is 4.07. The van der Waals surface area contributed by atoms with Crippen LogP contribution in [0.5, 0.6) is 0 Å². The van der Waals surface area contributed by atoms with Crippen molar-refractivity contribution in [3.8, 4) is 0 Å². The van der Waals surface area contributed by atoms with E-state index in [9.17, 15) is 0 Å². The fourth-order valence-electron chi connectivity index (χ4n) is 2.36. The lowest BCUT2D eigenvalue weighted by molar-refractivity contribution is 0.205. The third-order valence-corrected chi connectivity index (χ3v) is 4.17. The molecule has 1 aromatic heterocycles. The molecule has 1 heterocycles. The molecule has 2 rings (SSSR count). The van der Waals surface area contributed by atoms with Crippen molar-refractivity contribution in [1.82, 2.24) is 10.3 Å². The molecule has 0 saturated heterocycles. The largest absolute Gasteiger partial charge is 0.308 e. The molecule has 1 saturated carbocycles. The number of aromatic nitrogens is 1. The summed E-state index contributed by atoms with van der Waals surface area (Å²) in [6.45, 7) is 5.64. The molecule has 0 spiro atoms. The first-order valence-corrected chi connectivity index (χ1v) is 7.18. The number of nitrogens with one attached hydrogen (secondary N) is 1. The van der Waals surface area contributed by atoms with Crippen molar-refractivity contribution in [2.75, 3.05) is 0 Å². The first-order valence-electron chi connectivity index (χ1n) is 6.39. The molecule has 1 aliphatic carbocycles. The number of rotatable bonds is 3. The van der Waals surface area contributed by atoms with E-state index in [0.29, 0.717) is 11.5 Å². The Balaban J connectivity index is 1.78. The summed E-state index contributed by atoms with van der Waals surface area (Å²) >= 11 is 3.40. The number of pyridine rings is 1. The maximum absolute atomic E-state index is 4.38. The fraction of sp³-hybridized carbons (Fsp3) is 0.643. The predicted molar refractivity (Wildman–Crippen MR) is 74.8 cm³/mol. The van der Waals surface area contributed by atoms with Crippen molar-refractivity contribution in [3.63, 3.8) is 0 Å². The van der Waals surface area contributed by atoms with Crippen LogP contribution >= 0.6 is 15.9 Å². The lowest BCUT2D eigenvalue weighted by Gasteiger charge is -2.34. The molecule has 0 atom stereocenters.